The summed E-state index contributed by atoms with van der Waals surface area (Å²) < 4.78 is 7.42. The Bertz CT molecular complexity index is 800. The third-order valence-corrected chi connectivity index (χ3v) is 4.10. The van der Waals surface area contributed by atoms with Crippen LogP contribution >= 0.6 is 0 Å². The van der Waals surface area contributed by atoms with Crippen LogP contribution in [0, 0.1) is 0 Å². The van der Waals surface area contributed by atoms with Gasteiger partial charge < -0.3 is 19.4 Å². The molecule has 1 heterocycles. The van der Waals surface area contributed by atoms with E-state index in [2.05, 4.69) is 10.6 Å². The van der Waals surface area contributed by atoms with E-state index in [4.69, 9.17) is 19.8 Å². The molecule has 0 aliphatic heterocycles. The molecule has 0 amide bonds. The van der Waals surface area contributed by atoms with Crippen molar-refractivity contribution >= 4 is 18.2 Å². The minimum atomic E-state index is -1.23. The minimum Gasteiger partial charge on any atom is -0.497 e. The van der Waals surface area contributed by atoms with Crippen LogP contribution in [0.15, 0.2) is 48.5 Å². The highest BCUT2D eigenvalue weighted by Crippen LogP contribution is 2.27. The van der Waals surface area contributed by atoms with Crippen LogP contribution in [0.4, 0.5) is 0 Å². The lowest BCUT2D eigenvalue weighted by molar-refractivity contribution is 0.401. The second-order valence-electron chi connectivity index (χ2n) is 5.78. The van der Waals surface area contributed by atoms with Crippen LogP contribution in [0.25, 0.3) is 22.4 Å². The van der Waals surface area contributed by atoms with Crippen molar-refractivity contribution in [3.63, 3.8) is 0 Å². The zero-order chi connectivity index (χ0) is 16.9. The van der Waals surface area contributed by atoms with E-state index in [0.29, 0.717) is 6.32 Å². The smallest absolute Gasteiger partial charge is 0.451 e. The first-order valence-corrected chi connectivity index (χ1v) is 8.15. The minimum absolute atomic E-state index is 0.393. The van der Waals surface area contributed by atoms with Gasteiger partial charge in [0.05, 0.1) is 18.1 Å². The van der Waals surface area contributed by atoms with Crippen molar-refractivity contribution in [2.75, 3.05) is 7.11 Å². The summed E-state index contributed by atoms with van der Waals surface area (Å²) in [7, 11) is 0.422. The summed E-state index contributed by atoms with van der Waals surface area (Å²) in [6.45, 7) is 0.786. The fraction of sp³-hybridized carbons (Fsp3) is 0.278. The average molecular weight is 324 g/mol. The van der Waals surface area contributed by atoms with E-state index in [0.717, 1.165) is 47.6 Å². The number of hydrogen-bond donors (Lipinski definition) is 2. The Labute approximate surface area is 141 Å². The number of imidazole rings is 1. The molecule has 3 rings (SSSR count). The Morgan fingerprint density at radius 3 is 2.50 bits per heavy atom. The standard InChI is InChI=1S/C18H21BN2O3/c1-24-15-10-8-14(9-11-15)18-20-16-6-2-3-7-17(16)21(18)13-5-4-12-19(22)23/h2-3,6-11,22-23H,4-5,12-13H2,1H3. The van der Waals surface area contributed by atoms with Crippen LogP contribution < -0.4 is 4.74 Å². The van der Waals surface area contributed by atoms with Gasteiger partial charge in [0, 0.05) is 12.1 Å². The van der Waals surface area contributed by atoms with Crippen LogP contribution in [0.5, 0.6) is 5.75 Å². The highest BCUT2D eigenvalue weighted by Gasteiger charge is 2.13. The second kappa shape index (κ2) is 7.51. The maximum atomic E-state index is 8.99. The van der Waals surface area contributed by atoms with Gasteiger partial charge in [-0.25, -0.2) is 4.98 Å². The summed E-state index contributed by atoms with van der Waals surface area (Å²) >= 11 is 0. The molecule has 2 aromatic carbocycles. The number of rotatable bonds is 7. The van der Waals surface area contributed by atoms with Gasteiger partial charge in [0.25, 0.3) is 0 Å². The van der Waals surface area contributed by atoms with Gasteiger partial charge in [0.15, 0.2) is 0 Å². The molecule has 0 fully saturated rings. The summed E-state index contributed by atoms with van der Waals surface area (Å²) in [6, 6.07) is 16.0. The van der Waals surface area contributed by atoms with Gasteiger partial charge in [-0.2, -0.15) is 0 Å². The molecule has 0 saturated heterocycles. The third-order valence-electron chi connectivity index (χ3n) is 4.10. The monoisotopic (exact) mass is 324 g/mol. The van der Waals surface area contributed by atoms with Crippen LogP contribution in [-0.4, -0.2) is 33.8 Å². The fourth-order valence-electron chi connectivity index (χ4n) is 2.86. The van der Waals surface area contributed by atoms with E-state index in [1.165, 1.54) is 0 Å². The summed E-state index contributed by atoms with van der Waals surface area (Å²) in [5.41, 5.74) is 3.09. The van der Waals surface area contributed by atoms with Crippen LogP contribution in [-0.2, 0) is 6.54 Å². The summed E-state index contributed by atoms with van der Waals surface area (Å²) in [5, 5.41) is 18.0. The van der Waals surface area contributed by atoms with Gasteiger partial charge in [-0.05, 0) is 49.1 Å². The molecule has 0 radical (unpaired) electrons. The van der Waals surface area contributed by atoms with Gasteiger partial charge in [0.2, 0.25) is 0 Å². The molecule has 0 spiro atoms. The number of ether oxygens (including phenoxy) is 1. The molecule has 1 aromatic heterocycles. The van der Waals surface area contributed by atoms with E-state index < -0.39 is 7.12 Å². The predicted molar refractivity (Wildman–Crippen MR) is 96.0 cm³/mol. The summed E-state index contributed by atoms with van der Waals surface area (Å²) in [4.78, 5) is 4.78. The van der Waals surface area contributed by atoms with Gasteiger partial charge in [-0.3, -0.25) is 0 Å². The van der Waals surface area contributed by atoms with Gasteiger partial charge in [0.1, 0.15) is 11.6 Å². The van der Waals surface area contributed by atoms with Crippen molar-refractivity contribution in [1.82, 2.24) is 9.55 Å². The lowest BCUT2D eigenvalue weighted by Crippen LogP contribution is -2.10. The zero-order valence-corrected chi connectivity index (χ0v) is 13.7. The number of aromatic nitrogens is 2. The van der Waals surface area contributed by atoms with Crippen LogP contribution in [0.2, 0.25) is 6.32 Å². The van der Waals surface area contributed by atoms with Crippen molar-refractivity contribution in [3.05, 3.63) is 48.5 Å². The van der Waals surface area contributed by atoms with E-state index >= 15 is 0 Å². The van der Waals surface area contributed by atoms with Crippen molar-refractivity contribution in [2.24, 2.45) is 0 Å². The molecule has 124 valence electrons. The first-order chi connectivity index (χ1) is 11.7. The number of methoxy groups -OCH3 is 1. The van der Waals surface area contributed by atoms with Crippen molar-refractivity contribution in [2.45, 2.75) is 25.7 Å². The molecule has 6 heteroatoms. The first kappa shape index (κ1) is 16.5. The molecule has 0 saturated carbocycles. The molecule has 0 aliphatic rings. The van der Waals surface area contributed by atoms with Crippen molar-refractivity contribution < 1.29 is 14.8 Å². The molecule has 0 unspecified atom stereocenters. The molecule has 24 heavy (non-hydrogen) atoms. The van der Waals surface area contributed by atoms with Crippen LogP contribution in [0.1, 0.15) is 12.8 Å². The Hall–Kier alpha value is -2.31. The highest BCUT2D eigenvalue weighted by atomic mass is 16.5. The van der Waals surface area contributed by atoms with Gasteiger partial charge in [-0.15, -0.1) is 0 Å². The maximum absolute atomic E-state index is 8.99. The lowest BCUT2D eigenvalue weighted by Gasteiger charge is -2.10. The zero-order valence-electron chi connectivity index (χ0n) is 13.7. The SMILES string of the molecule is COc1ccc(-c2nc3ccccc3n2CCCCB(O)O)cc1. The number of hydrogen-bond acceptors (Lipinski definition) is 4. The molecular formula is C18H21BN2O3. The van der Waals surface area contributed by atoms with E-state index in [-0.39, 0.29) is 0 Å². The molecule has 2 N–H and O–H groups in total. The maximum Gasteiger partial charge on any atom is 0.451 e. The number of aryl methyl sites for hydroxylation is 1. The topological polar surface area (TPSA) is 67.5 Å². The van der Waals surface area contributed by atoms with Crippen molar-refractivity contribution in [1.29, 1.82) is 0 Å². The predicted octanol–water partition coefficient (Wildman–Crippen LogP) is 2.96. The Balaban J connectivity index is 1.91. The van der Waals surface area contributed by atoms with E-state index in [9.17, 15) is 0 Å². The molecule has 0 aliphatic carbocycles. The Kier molecular flexibility index (Phi) is 5.18. The Morgan fingerprint density at radius 2 is 1.79 bits per heavy atom. The number of unbranched alkanes of at least 4 members (excludes halogenated alkanes) is 1. The van der Waals surface area contributed by atoms with Crippen molar-refractivity contribution in [3.8, 4) is 17.1 Å². The van der Waals surface area contributed by atoms with E-state index in [1.54, 1.807) is 7.11 Å². The van der Waals surface area contributed by atoms with E-state index in [1.807, 2.05) is 42.5 Å². The number of para-hydroxylation sites is 2. The molecular weight excluding hydrogens is 303 g/mol. The molecule has 0 atom stereocenters. The molecule has 5 nitrogen and oxygen atoms in total. The normalized spacial score (nSPS) is 11.0. The average Bonchev–Trinajstić information content (AvgIpc) is 2.97. The van der Waals surface area contributed by atoms with Gasteiger partial charge >= 0.3 is 7.12 Å². The summed E-state index contributed by atoms with van der Waals surface area (Å²) in [5.74, 6) is 1.74. The number of fused-ring (bicyclic) bond motifs is 1. The largest absolute Gasteiger partial charge is 0.497 e. The Morgan fingerprint density at radius 1 is 1.04 bits per heavy atom. The first-order valence-electron chi connectivity index (χ1n) is 8.15. The lowest BCUT2D eigenvalue weighted by atomic mass is 9.84. The number of nitrogens with zero attached hydrogens (tertiary/aromatic N) is 2. The van der Waals surface area contributed by atoms with Crippen LogP contribution in [0.3, 0.4) is 0 Å². The number of benzene rings is 2. The van der Waals surface area contributed by atoms with Gasteiger partial charge in [-0.1, -0.05) is 18.6 Å². The third kappa shape index (κ3) is 3.61. The molecule has 0 bridgehead atoms. The summed E-state index contributed by atoms with van der Waals surface area (Å²) in [6.07, 6.45) is 2.01. The molecule has 3 aromatic rings. The fourth-order valence-corrected chi connectivity index (χ4v) is 2.86. The quantitative estimate of drug-likeness (QED) is 0.518. The highest BCUT2D eigenvalue weighted by molar-refractivity contribution is 6.40. The second-order valence-corrected chi connectivity index (χ2v) is 5.78.